The van der Waals surface area contributed by atoms with Crippen molar-refractivity contribution in [3.63, 3.8) is 0 Å². The van der Waals surface area contributed by atoms with Crippen LogP contribution in [0.15, 0.2) is 0 Å². The van der Waals surface area contributed by atoms with Crippen LogP contribution in [0.2, 0.25) is 0 Å². The molecule has 0 aromatic carbocycles. The predicted octanol–water partition coefficient (Wildman–Crippen LogP) is 2.32. The number of nitrogens with one attached hydrogen (secondary N) is 2. The molecule has 5 nitrogen and oxygen atoms in total. The van der Waals surface area contributed by atoms with Crippen LogP contribution in [0.3, 0.4) is 0 Å². The van der Waals surface area contributed by atoms with E-state index in [4.69, 9.17) is 4.74 Å². The highest BCUT2D eigenvalue weighted by Gasteiger charge is 2.18. The van der Waals surface area contributed by atoms with E-state index in [2.05, 4.69) is 43.5 Å². The van der Waals surface area contributed by atoms with Gasteiger partial charge in [0.2, 0.25) is 0 Å². The van der Waals surface area contributed by atoms with Gasteiger partial charge in [-0.1, -0.05) is 13.8 Å². The third-order valence-corrected chi connectivity index (χ3v) is 3.22. The Kier molecular flexibility index (Phi) is 9.62. The minimum atomic E-state index is -0.443. The van der Waals surface area contributed by atoms with Crippen LogP contribution in [-0.4, -0.2) is 56.9 Å². The number of carbonyl (C=O) groups is 1. The molecule has 0 radical (unpaired) electrons. The van der Waals surface area contributed by atoms with E-state index in [0.717, 1.165) is 26.1 Å². The van der Waals surface area contributed by atoms with Crippen LogP contribution >= 0.6 is 0 Å². The van der Waals surface area contributed by atoms with Crippen LogP contribution in [0, 0.1) is 11.8 Å². The quantitative estimate of drug-likeness (QED) is 0.642. The molecule has 126 valence electrons. The zero-order valence-corrected chi connectivity index (χ0v) is 15.0. The maximum absolute atomic E-state index is 11.7. The number of hydrogen-bond donors (Lipinski definition) is 2. The Labute approximate surface area is 130 Å². The SMILES string of the molecule is CC(C)C(CNCCCN(C)C)CNC(=O)OC(C)(C)C. The van der Waals surface area contributed by atoms with Crippen molar-refractivity contribution >= 4 is 6.09 Å². The van der Waals surface area contributed by atoms with E-state index in [-0.39, 0.29) is 6.09 Å². The second kappa shape index (κ2) is 10.0. The summed E-state index contributed by atoms with van der Waals surface area (Å²) in [5.74, 6) is 0.929. The third-order valence-electron chi connectivity index (χ3n) is 3.22. The van der Waals surface area contributed by atoms with Gasteiger partial charge in [-0.15, -0.1) is 0 Å². The van der Waals surface area contributed by atoms with E-state index in [1.54, 1.807) is 0 Å². The fourth-order valence-corrected chi connectivity index (χ4v) is 1.88. The largest absolute Gasteiger partial charge is 0.444 e. The normalized spacial score (nSPS) is 13.6. The van der Waals surface area contributed by atoms with Gasteiger partial charge in [-0.25, -0.2) is 4.79 Å². The monoisotopic (exact) mass is 301 g/mol. The zero-order valence-electron chi connectivity index (χ0n) is 15.0. The molecular formula is C16H35N3O2. The molecule has 1 unspecified atom stereocenters. The van der Waals surface area contributed by atoms with Crippen molar-refractivity contribution in [2.24, 2.45) is 11.8 Å². The molecule has 0 saturated carbocycles. The molecule has 2 N–H and O–H groups in total. The first-order chi connectivity index (χ1) is 9.61. The van der Waals surface area contributed by atoms with Gasteiger partial charge in [-0.05, 0) is 72.8 Å². The van der Waals surface area contributed by atoms with E-state index in [0.29, 0.717) is 18.4 Å². The van der Waals surface area contributed by atoms with Gasteiger partial charge in [0.25, 0.3) is 0 Å². The average molecular weight is 301 g/mol. The number of rotatable bonds is 9. The molecule has 0 fully saturated rings. The molecule has 0 saturated heterocycles. The lowest BCUT2D eigenvalue weighted by atomic mass is 9.96. The van der Waals surface area contributed by atoms with Crippen molar-refractivity contribution in [3.8, 4) is 0 Å². The number of hydrogen-bond acceptors (Lipinski definition) is 4. The van der Waals surface area contributed by atoms with Crippen LogP contribution in [0.1, 0.15) is 41.0 Å². The molecule has 1 amide bonds. The van der Waals surface area contributed by atoms with Gasteiger partial charge in [0.15, 0.2) is 0 Å². The summed E-state index contributed by atoms with van der Waals surface area (Å²) in [4.78, 5) is 13.9. The van der Waals surface area contributed by atoms with Gasteiger partial charge < -0.3 is 20.3 Å². The Morgan fingerprint density at radius 2 is 1.81 bits per heavy atom. The number of carbonyl (C=O) groups excluding carboxylic acids is 1. The van der Waals surface area contributed by atoms with Gasteiger partial charge >= 0.3 is 6.09 Å². The minimum Gasteiger partial charge on any atom is -0.444 e. The van der Waals surface area contributed by atoms with Crippen molar-refractivity contribution in [3.05, 3.63) is 0 Å². The van der Waals surface area contributed by atoms with Crippen molar-refractivity contribution in [2.75, 3.05) is 40.3 Å². The topological polar surface area (TPSA) is 53.6 Å². The molecule has 0 spiro atoms. The Morgan fingerprint density at radius 1 is 1.19 bits per heavy atom. The highest BCUT2D eigenvalue weighted by atomic mass is 16.6. The van der Waals surface area contributed by atoms with Gasteiger partial charge in [-0.3, -0.25) is 0 Å². The van der Waals surface area contributed by atoms with Gasteiger partial charge in [0, 0.05) is 6.54 Å². The molecule has 0 aliphatic heterocycles. The van der Waals surface area contributed by atoms with Crippen LogP contribution < -0.4 is 10.6 Å². The fraction of sp³-hybridized carbons (Fsp3) is 0.938. The Bertz CT molecular complexity index is 286. The summed E-state index contributed by atoms with van der Waals surface area (Å²) in [6.45, 7) is 13.7. The van der Waals surface area contributed by atoms with Gasteiger partial charge in [0.1, 0.15) is 5.60 Å². The maximum Gasteiger partial charge on any atom is 0.407 e. The highest BCUT2D eigenvalue weighted by molar-refractivity contribution is 5.67. The van der Waals surface area contributed by atoms with Crippen LogP contribution in [0.5, 0.6) is 0 Å². The van der Waals surface area contributed by atoms with Gasteiger partial charge in [-0.2, -0.15) is 0 Å². The van der Waals surface area contributed by atoms with Crippen LogP contribution in [-0.2, 0) is 4.74 Å². The molecule has 0 rings (SSSR count). The molecular weight excluding hydrogens is 266 g/mol. The Morgan fingerprint density at radius 3 is 2.29 bits per heavy atom. The first-order valence-corrected chi connectivity index (χ1v) is 7.94. The average Bonchev–Trinajstić information content (AvgIpc) is 2.29. The molecule has 1 atom stereocenters. The summed E-state index contributed by atoms with van der Waals surface area (Å²) < 4.78 is 5.26. The summed E-state index contributed by atoms with van der Waals surface area (Å²) in [6, 6.07) is 0. The minimum absolute atomic E-state index is 0.333. The van der Waals surface area contributed by atoms with E-state index in [9.17, 15) is 4.79 Å². The van der Waals surface area contributed by atoms with Crippen LogP contribution in [0.4, 0.5) is 4.79 Å². The summed E-state index contributed by atoms with van der Waals surface area (Å²) in [6.07, 6.45) is 0.804. The molecule has 0 aromatic rings. The molecule has 0 heterocycles. The molecule has 0 bridgehead atoms. The summed E-state index contributed by atoms with van der Waals surface area (Å²) in [5.41, 5.74) is -0.443. The van der Waals surface area contributed by atoms with Crippen molar-refractivity contribution in [1.82, 2.24) is 15.5 Å². The second-order valence-corrected chi connectivity index (χ2v) is 7.25. The summed E-state index contributed by atoms with van der Waals surface area (Å²) >= 11 is 0. The van der Waals surface area contributed by atoms with E-state index in [1.165, 1.54) is 0 Å². The van der Waals surface area contributed by atoms with Gasteiger partial charge in [0.05, 0.1) is 0 Å². The second-order valence-electron chi connectivity index (χ2n) is 7.25. The third kappa shape index (κ3) is 12.6. The zero-order chi connectivity index (χ0) is 16.5. The standard InChI is InChI=1S/C16H35N3O2/c1-13(2)14(11-17-9-8-10-19(6)7)12-18-15(20)21-16(3,4)5/h13-14,17H,8-12H2,1-7H3,(H,18,20). The highest BCUT2D eigenvalue weighted by Crippen LogP contribution is 2.10. The van der Waals surface area contributed by atoms with Crippen LogP contribution in [0.25, 0.3) is 0 Å². The lowest BCUT2D eigenvalue weighted by Crippen LogP contribution is -2.40. The van der Waals surface area contributed by atoms with Crippen molar-refractivity contribution in [2.45, 2.75) is 46.6 Å². The lowest BCUT2D eigenvalue weighted by Gasteiger charge is -2.24. The summed E-state index contributed by atoms with van der Waals surface area (Å²) in [7, 11) is 4.17. The van der Waals surface area contributed by atoms with E-state index in [1.807, 2.05) is 20.8 Å². The smallest absolute Gasteiger partial charge is 0.407 e. The van der Waals surface area contributed by atoms with Crippen molar-refractivity contribution < 1.29 is 9.53 Å². The van der Waals surface area contributed by atoms with E-state index < -0.39 is 5.60 Å². The number of ether oxygens (including phenoxy) is 1. The first-order valence-electron chi connectivity index (χ1n) is 7.94. The maximum atomic E-state index is 11.7. The molecule has 0 aliphatic carbocycles. The predicted molar refractivity (Wildman–Crippen MR) is 88.6 cm³/mol. The molecule has 21 heavy (non-hydrogen) atoms. The Balaban J connectivity index is 3.95. The number of alkyl carbamates (subject to hydrolysis) is 1. The van der Waals surface area contributed by atoms with Crippen molar-refractivity contribution in [1.29, 1.82) is 0 Å². The first kappa shape index (κ1) is 20.2. The molecule has 5 heteroatoms. The van der Waals surface area contributed by atoms with E-state index >= 15 is 0 Å². The lowest BCUT2D eigenvalue weighted by molar-refractivity contribution is 0.0515. The number of nitrogens with zero attached hydrogens (tertiary/aromatic N) is 1. The number of amides is 1. The fourth-order valence-electron chi connectivity index (χ4n) is 1.88. The molecule has 0 aromatic heterocycles. The summed E-state index contributed by atoms with van der Waals surface area (Å²) in [5, 5.41) is 6.35. The Hall–Kier alpha value is -0.810. The molecule has 0 aliphatic rings.